The van der Waals surface area contributed by atoms with Crippen molar-refractivity contribution >= 4 is 23.2 Å². The summed E-state index contributed by atoms with van der Waals surface area (Å²) in [5, 5.41) is 3.61. The van der Waals surface area contributed by atoms with E-state index in [1.807, 2.05) is 42.5 Å². The number of carbonyl (C=O) groups is 1. The van der Waals surface area contributed by atoms with Crippen LogP contribution in [0.15, 0.2) is 59.3 Å². The van der Waals surface area contributed by atoms with Crippen LogP contribution in [0.3, 0.4) is 0 Å². The molecular formula is C22H24ClN5O2. The predicted molar refractivity (Wildman–Crippen MR) is 116 cm³/mol. The molecule has 0 saturated carbocycles. The van der Waals surface area contributed by atoms with Gasteiger partial charge in [-0.2, -0.15) is 0 Å². The van der Waals surface area contributed by atoms with Gasteiger partial charge in [0.15, 0.2) is 5.69 Å². The minimum Gasteiger partial charge on any atom is -0.447 e. The summed E-state index contributed by atoms with van der Waals surface area (Å²) in [5.41, 5.74) is 2.43. The van der Waals surface area contributed by atoms with Gasteiger partial charge in [-0.05, 0) is 36.4 Å². The Hall–Kier alpha value is -2.90. The highest BCUT2D eigenvalue weighted by Crippen LogP contribution is 2.20. The highest BCUT2D eigenvalue weighted by Gasteiger charge is 2.20. The number of amides is 1. The molecule has 3 aromatic rings. The Morgan fingerprint density at radius 3 is 2.63 bits per heavy atom. The molecule has 0 radical (unpaired) electrons. The standard InChI is InChI=1S/C22H24ClN5O2/c23-17-4-6-19(7-5-17)28-13-11-27(12-14-28)15-21-26-20(16-30-21)22(29)25-10-8-18-3-1-2-9-24-18/h1-7,9,16H,8,10-15H2,(H,25,29). The molecule has 2 aromatic heterocycles. The number of nitrogens with one attached hydrogen (secondary N) is 1. The van der Waals surface area contributed by atoms with Crippen LogP contribution in [0.2, 0.25) is 5.02 Å². The molecule has 1 aliphatic heterocycles. The van der Waals surface area contributed by atoms with Gasteiger partial charge in [-0.25, -0.2) is 4.98 Å². The lowest BCUT2D eigenvalue weighted by Crippen LogP contribution is -2.46. The van der Waals surface area contributed by atoms with E-state index in [1.54, 1.807) is 6.20 Å². The minimum absolute atomic E-state index is 0.228. The summed E-state index contributed by atoms with van der Waals surface area (Å²) in [6.07, 6.45) is 3.85. The molecule has 1 amide bonds. The lowest BCUT2D eigenvalue weighted by atomic mass is 10.2. The Balaban J connectivity index is 1.22. The lowest BCUT2D eigenvalue weighted by molar-refractivity contribution is 0.0949. The number of halogens is 1. The van der Waals surface area contributed by atoms with Crippen LogP contribution in [0.4, 0.5) is 5.69 Å². The van der Waals surface area contributed by atoms with Gasteiger partial charge in [0.05, 0.1) is 6.54 Å². The molecule has 0 unspecified atom stereocenters. The zero-order valence-corrected chi connectivity index (χ0v) is 17.4. The zero-order chi connectivity index (χ0) is 20.8. The average molecular weight is 426 g/mol. The van der Waals surface area contributed by atoms with Gasteiger partial charge in [-0.1, -0.05) is 17.7 Å². The first-order valence-corrected chi connectivity index (χ1v) is 10.4. The van der Waals surface area contributed by atoms with Crippen LogP contribution in [0.25, 0.3) is 0 Å². The first-order valence-electron chi connectivity index (χ1n) is 10.0. The van der Waals surface area contributed by atoms with E-state index in [1.165, 1.54) is 12.0 Å². The SMILES string of the molecule is O=C(NCCc1ccccn1)c1coc(CN2CCN(c3ccc(Cl)cc3)CC2)n1. The van der Waals surface area contributed by atoms with Gasteiger partial charge in [-0.3, -0.25) is 14.7 Å². The summed E-state index contributed by atoms with van der Waals surface area (Å²) in [6, 6.07) is 13.7. The third-order valence-electron chi connectivity index (χ3n) is 5.10. The molecule has 0 atom stereocenters. The quantitative estimate of drug-likeness (QED) is 0.627. The van der Waals surface area contributed by atoms with Gasteiger partial charge >= 0.3 is 0 Å². The molecule has 3 heterocycles. The van der Waals surface area contributed by atoms with Crippen LogP contribution in [0.1, 0.15) is 22.1 Å². The Morgan fingerprint density at radius 1 is 1.10 bits per heavy atom. The number of oxazole rings is 1. The fraction of sp³-hybridized carbons (Fsp3) is 0.318. The van der Waals surface area contributed by atoms with E-state index in [4.69, 9.17) is 16.0 Å². The first kappa shape index (κ1) is 20.4. The molecule has 7 nitrogen and oxygen atoms in total. The second kappa shape index (κ2) is 9.73. The second-order valence-corrected chi connectivity index (χ2v) is 7.63. The fourth-order valence-electron chi connectivity index (χ4n) is 3.44. The minimum atomic E-state index is -0.228. The molecule has 1 aliphatic rings. The third-order valence-corrected chi connectivity index (χ3v) is 5.35. The van der Waals surface area contributed by atoms with Gasteiger partial charge in [0.25, 0.3) is 5.91 Å². The van der Waals surface area contributed by atoms with Crippen molar-refractivity contribution in [1.29, 1.82) is 0 Å². The van der Waals surface area contributed by atoms with Crippen molar-refractivity contribution in [2.24, 2.45) is 0 Å². The number of hydrogen-bond donors (Lipinski definition) is 1. The average Bonchev–Trinajstić information content (AvgIpc) is 3.24. The number of nitrogens with zero attached hydrogens (tertiary/aromatic N) is 4. The van der Waals surface area contributed by atoms with Crippen LogP contribution in [0, 0.1) is 0 Å². The van der Waals surface area contributed by atoms with E-state index in [0.29, 0.717) is 31.1 Å². The molecule has 1 N–H and O–H groups in total. The fourth-order valence-corrected chi connectivity index (χ4v) is 3.56. The number of carbonyl (C=O) groups excluding carboxylic acids is 1. The predicted octanol–water partition coefficient (Wildman–Crippen LogP) is 3.02. The van der Waals surface area contributed by atoms with Crippen LogP contribution in [-0.2, 0) is 13.0 Å². The molecule has 0 aliphatic carbocycles. The number of aromatic nitrogens is 2. The number of pyridine rings is 1. The maximum Gasteiger partial charge on any atom is 0.273 e. The summed E-state index contributed by atoms with van der Waals surface area (Å²) in [4.78, 5) is 25.5. The van der Waals surface area contributed by atoms with Gasteiger partial charge < -0.3 is 14.6 Å². The molecule has 4 rings (SSSR count). The number of rotatable bonds is 7. The molecule has 1 fully saturated rings. The highest BCUT2D eigenvalue weighted by molar-refractivity contribution is 6.30. The van der Waals surface area contributed by atoms with E-state index in [2.05, 4.69) is 25.1 Å². The van der Waals surface area contributed by atoms with E-state index in [0.717, 1.165) is 36.9 Å². The second-order valence-electron chi connectivity index (χ2n) is 7.19. The van der Waals surface area contributed by atoms with Gasteiger partial charge in [0, 0.05) is 61.7 Å². The number of piperazine rings is 1. The van der Waals surface area contributed by atoms with Crippen molar-refractivity contribution in [2.75, 3.05) is 37.6 Å². The maximum absolute atomic E-state index is 12.3. The molecule has 8 heteroatoms. The Kier molecular flexibility index (Phi) is 6.61. The Bertz CT molecular complexity index is 953. The lowest BCUT2D eigenvalue weighted by Gasteiger charge is -2.35. The van der Waals surface area contributed by atoms with Crippen molar-refractivity contribution in [1.82, 2.24) is 20.2 Å². The van der Waals surface area contributed by atoms with Crippen molar-refractivity contribution in [3.8, 4) is 0 Å². The van der Waals surface area contributed by atoms with Crippen LogP contribution in [0.5, 0.6) is 0 Å². The van der Waals surface area contributed by atoms with Crippen molar-refractivity contribution < 1.29 is 9.21 Å². The molecule has 1 aromatic carbocycles. The molecule has 0 spiro atoms. The van der Waals surface area contributed by atoms with E-state index in [9.17, 15) is 4.79 Å². The first-order chi connectivity index (χ1) is 14.7. The summed E-state index contributed by atoms with van der Waals surface area (Å²) in [7, 11) is 0. The maximum atomic E-state index is 12.3. The van der Waals surface area contributed by atoms with Crippen LogP contribution < -0.4 is 10.2 Å². The Morgan fingerprint density at radius 2 is 1.90 bits per heavy atom. The number of anilines is 1. The van der Waals surface area contributed by atoms with E-state index < -0.39 is 0 Å². The number of benzene rings is 1. The van der Waals surface area contributed by atoms with Gasteiger partial charge in [0.2, 0.25) is 5.89 Å². The van der Waals surface area contributed by atoms with Crippen LogP contribution in [-0.4, -0.2) is 53.5 Å². The summed E-state index contributed by atoms with van der Waals surface area (Å²) >= 11 is 5.97. The largest absolute Gasteiger partial charge is 0.447 e. The van der Waals surface area contributed by atoms with Gasteiger partial charge in [-0.15, -0.1) is 0 Å². The summed E-state index contributed by atoms with van der Waals surface area (Å²) < 4.78 is 5.52. The number of hydrogen-bond acceptors (Lipinski definition) is 6. The van der Waals surface area contributed by atoms with Crippen LogP contribution >= 0.6 is 11.6 Å². The Labute approximate surface area is 180 Å². The van der Waals surface area contributed by atoms with Crippen molar-refractivity contribution in [3.63, 3.8) is 0 Å². The molecule has 1 saturated heterocycles. The topological polar surface area (TPSA) is 74.5 Å². The third kappa shape index (κ3) is 5.37. The summed E-state index contributed by atoms with van der Waals surface area (Å²) in [6.45, 7) is 4.74. The molecular weight excluding hydrogens is 402 g/mol. The van der Waals surface area contributed by atoms with E-state index >= 15 is 0 Å². The monoisotopic (exact) mass is 425 g/mol. The molecule has 0 bridgehead atoms. The molecule has 156 valence electrons. The smallest absolute Gasteiger partial charge is 0.273 e. The normalized spacial score (nSPS) is 14.6. The summed E-state index contributed by atoms with van der Waals surface area (Å²) in [5.74, 6) is 0.332. The van der Waals surface area contributed by atoms with Gasteiger partial charge in [0.1, 0.15) is 6.26 Å². The van der Waals surface area contributed by atoms with Crippen molar-refractivity contribution in [3.05, 3.63) is 77.2 Å². The zero-order valence-electron chi connectivity index (χ0n) is 16.6. The van der Waals surface area contributed by atoms with E-state index in [-0.39, 0.29) is 5.91 Å². The molecule has 30 heavy (non-hydrogen) atoms. The van der Waals surface area contributed by atoms with Crippen molar-refractivity contribution in [2.45, 2.75) is 13.0 Å². The highest BCUT2D eigenvalue weighted by atomic mass is 35.5.